The van der Waals surface area contributed by atoms with Gasteiger partial charge in [0.1, 0.15) is 18.3 Å². The van der Waals surface area contributed by atoms with Crippen molar-refractivity contribution in [2.45, 2.75) is 30.7 Å². The van der Waals surface area contributed by atoms with Crippen LogP contribution in [0, 0.1) is 0 Å². The van der Waals surface area contributed by atoms with E-state index in [1.54, 1.807) is 0 Å². The Hall–Kier alpha value is -0.730. The van der Waals surface area contributed by atoms with Gasteiger partial charge in [0.25, 0.3) is 0 Å². The second kappa shape index (κ2) is 4.20. The number of aliphatic carboxylic acids is 1. The maximum Gasteiger partial charge on any atom is 0.335 e. The summed E-state index contributed by atoms with van der Waals surface area (Å²) in [7, 11) is -2.97. The fourth-order valence-corrected chi connectivity index (χ4v) is 1.18. The van der Waals surface area contributed by atoms with E-state index in [-0.39, 0.29) is 0 Å². The molecule has 7 heteroatoms. The smallest absolute Gasteiger partial charge is 0.335 e. The number of ether oxygens (including phenoxy) is 2. The van der Waals surface area contributed by atoms with E-state index in [0.717, 1.165) is 0 Å². The molecule has 0 amide bonds. The molecule has 1 heterocycles. The van der Waals surface area contributed by atoms with Gasteiger partial charge in [-0.1, -0.05) is 0 Å². The molecule has 1 aliphatic heterocycles. The van der Waals surface area contributed by atoms with Crippen LogP contribution in [0.25, 0.3) is 0 Å². The number of aliphatic hydroxyl groups is 3. The van der Waals surface area contributed by atoms with E-state index in [2.05, 4.69) is 9.47 Å². The Bertz CT molecular complexity index is 294. The Morgan fingerprint density at radius 2 is 2.07 bits per heavy atom. The van der Waals surface area contributed by atoms with Crippen molar-refractivity contribution in [3.05, 3.63) is 0 Å². The van der Waals surface area contributed by atoms with Gasteiger partial charge in [0, 0.05) is 7.04 Å². The van der Waals surface area contributed by atoms with Crippen LogP contribution in [0.5, 0.6) is 0 Å². The van der Waals surface area contributed by atoms with E-state index in [1.165, 1.54) is 0 Å². The molecular formula is C7H12O7. The predicted octanol–water partition coefficient (Wildman–Crippen LogP) is -2.48. The van der Waals surface area contributed by atoms with Crippen LogP contribution in [0.1, 0.15) is 4.11 Å². The fraction of sp³-hybridized carbons (Fsp3) is 0.857. The summed E-state index contributed by atoms with van der Waals surface area (Å²) in [5, 5.41) is 36.5. The molecule has 1 rings (SSSR count). The molecule has 0 aromatic heterocycles. The van der Waals surface area contributed by atoms with Gasteiger partial charge in [-0.3, -0.25) is 0 Å². The molecule has 1 unspecified atom stereocenters. The summed E-state index contributed by atoms with van der Waals surface area (Å²) in [5.41, 5.74) is 0. The first-order chi connectivity index (χ1) is 7.63. The van der Waals surface area contributed by atoms with Crippen LogP contribution in [-0.2, 0) is 14.3 Å². The number of methoxy groups -OCH3 is 1. The molecule has 7 nitrogen and oxygen atoms in total. The molecule has 1 fully saturated rings. The summed E-state index contributed by atoms with van der Waals surface area (Å²) >= 11 is 0. The highest BCUT2D eigenvalue weighted by Gasteiger charge is 2.47. The lowest BCUT2D eigenvalue weighted by atomic mass is 9.99. The summed E-state index contributed by atoms with van der Waals surface area (Å²) in [6.07, 6.45) is -9.36. The second-order valence-electron chi connectivity index (χ2n) is 2.85. The van der Waals surface area contributed by atoms with Crippen molar-refractivity contribution >= 4 is 5.97 Å². The van der Waals surface area contributed by atoms with Crippen molar-refractivity contribution in [2.24, 2.45) is 0 Å². The predicted molar refractivity (Wildman–Crippen MR) is 41.3 cm³/mol. The first-order valence-corrected chi connectivity index (χ1v) is 3.74. The summed E-state index contributed by atoms with van der Waals surface area (Å²) < 4.78 is 29.3. The van der Waals surface area contributed by atoms with E-state index < -0.39 is 43.7 Å². The van der Waals surface area contributed by atoms with Gasteiger partial charge in [-0.15, -0.1) is 0 Å². The van der Waals surface area contributed by atoms with Gasteiger partial charge in [0.15, 0.2) is 12.4 Å². The molecule has 0 aromatic carbocycles. The van der Waals surface area contributed by atoms with Gasteiger partial charge in [-0.25, -0.2) is 4.79 Å². The Kier molecular flexibility index (Phi) is 2.26. The average molecular weight is 211 g/mol. The van der Waals surface area contributed by atoms with E-state index in [4.69, 9.17) is 14.3 Å². The second-order valence-corrected chi connectivity index (χ2v) is 2.85. The Morgan fingerprint density at radius 1 is 1.43 bits per heavy atom. The van der Waals surface area contributed by atoms with Crippen molar-refractivity contribution in [1.29, 1.82) is 0 Å². The maximum absolute atomic E-state index is 10.8. The number of hydrogen-bond acceptors (Lipinski definition) is 6. The lowest BCUT2D eigenvalue weighted by molar-refractivity contribution is -0.283. The third-order valence-electron chi connectivity index (χ3n) is 1.94. The van der Waals surface area contributed by atoms with Gasteiger partial charge >= 0.3 is 5.97 Å². The van der Waals surface area contributed by atoms with Crippen LogP contribution in [-0.4, -0.2) is 64.1 Å². The van der Waals surface area contributed by atoms with E-state index in [1.807, 2.05) is 0 Å². The third-order valence-corrected chi connectivity index (χ3v) is 1.94. The average Bonchev–Trinajstić information content (AvgIpc) is 2.16. The minimum absolute atomic E-state index is 1.62. The molecule has 0 spiro atoms. The molecule has 14 heavy (non-hydrogen) atoms. The molecule has 1 aliphatic rings. The van der Waals surface area contributed by atoms with E-state index in [0.29, 0.717) is 0 Å². The molecule has 82 valence electrons. The minimum atomic E-state index is -2.97. The van der Waals surface area contributed by atoms with E-state index in [9.17, 15) is 15.0 Å². The lowest BCUT2D eigenvalue weighted by Crippen LogP contribution is -2.60. The molecule has 1 saturated heterocycles. The zero-order valence-electron chi connectivity index (χ0n) is 9.90. The summed E-state index contributed by atoms with van der Waals surface area (Å²) in [6.45, 7) is 0. The highest BCUT2D eigenvalue weighted by molar-refractivity contribution is 5.73. The van der Waals surface area contributed by atoms with Crippen LogP contribution in [0.15, 0.2) is 0 Å². The number of carboxylic acid groups (broad SMARTS) is 1. The first kappa shape index (κ1) is 7.55. The Labute approximate surface area is 83.7 Å². The molecular weight excluding hydrogens is 196 g/mol. The highest BCUT2D eigenvalue weighted by atomic mass is 16.7. The van der Waals surface area contributed by atoms with Gasteiger partial charge in [-0.05, 0) is 0 Å². The highest BCUT2D eigenvalue weighted by Crippen LogP contribution is 2.21. The van der Waals surface area contributed by atoms with Gasteiger partial charge < -0.3 is 29.9 Å². The van der Waals surface area contributed by atoms with Crippen molar-refractivity contribution in [3.63, 3.8) is 0 Å². The van der Waals surface area contributed by atoms with Crippen LogP contribution < -0.4 is 0 Å². The molecule has 0 saturated carbocycles. The summed E-state index contributed by atoms with van der Waals surface area (Å²) in [6, 6.07) is 0. The lowest BCUT2D eigenvalue weighted by Gasteiger charge is -2.37. The number of carboxylic acids is 1. The normalized spacial score (nSPS) is 47.6. The van der Waals surface area contributed by atoms with Crippen LogP contribution in [0.3, 0.4) is 0 Å². The van der Waals surface area contributed by atoms with Crippen LogP contribution >= 0.6 is 0 Å². The molecule has 5 atom stereocenters. The SMILES string of the molecule is [2H]C([2H])([2H])O[C@H]1[C@H](O)[C@@H](O)C(O)O[C@@H]1C(=O)O. The van der Waals surface area contributed by atoms with Crippen LogP contribution in [0.4, 0.5) is 0 Å². The van der Waals surface area contributed by atoms with E-state index >= 15 is 0 Å². The van der Waals surface area contributed by atoms with Gasteiger partial charge in [0.2, 0.25) is 0 Å². The van der Waals surface area contributed by atoms with Crippen molar-refractivity contribution in [2.75, 3.05) is 7.04 Å². The van der Waals surface area contributed by atoms with Crippen LogP contribution in [0.2, 0.25) is 0 Å². The zero-order valence-corrected chi connectivity index (χ0v) is 6.90. The third kappa shape index (κ3) is 1.86. The number of aliphatic hydroxyl groups excluding tert-OH is 3. The van der Waals surface area contributed by atoms with Crippen molar-refractivity contribution < 1.29 is 38.8 Å². The van der Waals surface area contributed by atoms with Crippen molar-refractivity contribution in [1.82, 2.24) is 0 Å². The minimum Gasteiger partial charge on any atom is -0.479 e. The Morgan fingerprint density at radius 3 is 2.57 bits per heavy atom. The molecule has 0 radical (unpaired) electrons. The summed E-state index contributed by atoms with van der Waals surface area (Å²) in [5.74, 6) is -1.62. The molecule has 0 bridgehead atoms. The first-order valence-electron chi connectivity index (χ1n) is 5.24. The fourth-order valence-electron chi connectivity index (χ4n) is 1.18. The number of carbonyl (C=O) groups is 1. The molecule has 4 N–H and O–H groups in total. The summed E-state index contributed by atoms with van der Waals surface area (Å²) in [4.78, 5) is 10.8. The number of hydrogen-bond donors (Lipinski definition) is 4. The molecule has 0 aromatic rings. The largest absolute Gasteiger partial charge is 0.479 e. The monoisotopic (exact) mass is 211 g/mol. The van der Waals surface area contributed by atoms with Gasteiger partial charge in [0.05, 0.1) is 4.11 Å². The number of rotatable bonds is 2. The quantitative estimate of drug-likeness (QED) is 0.399. The maximum atomic E-state index is 10.8. The van der Waals surface area contributed by atoms with Gasteiger partial charge in [-0.2, -0.15) is 0 Å². The standard InChI is InChI=1S/C7H12O7/c1-13-4-2(8)3(9)7(12)14-5(4)6(10)11/h2-5,7-9,12H,1H3,(H,10,11)/t2-,3-,4+,5+,7?/m1/s1/i1D3. The topological polar surface area (TPSA) is 116 Å². The van der Waals surface area contributed by atoms with Crippen molar-refractivity contribution in [3.8, 4) is 0 Å². The molecule has 0 aliphatic carbocycles. The Balaban J connectivity index is 2.90. The zero-order chi connectivity index (χ0) is 13.4.